The number of phenols is 2. The van der Waals surface area contributed by atoms with Crippen LogP contribution in [0.15, 0.2) is 36.4 Å². The zero-order valence-corrected chi connectivity index (χ0v) is 13.2. The standard InChI is InChI=1S/C17H18ClNO3/c1-10-3-5-13(18)9-14(10)19-17(22)11(2)7-12-4-6-15(20)16(21)8-12/h3-6,8-9,11,20-21H,7H2,1-2H3,(H,19,22). The normalized spacial score (nSPS) is 12.0. The van der Waals surface area contributed by atoms with E-state index in [9.17, 15) is 15.0 Å². The maximum atomic E-state index is 12.3. The molecule has 0 spiro atoms. The highest BCUT2D eigenvalue weighted by Crippen LogP contribution is 2.26. The maximum Gasteiger partial charge on any atom is 0.227 e. The van der Waals surface area contributed by atoms with E-state index in [1.165, 1.54) is 12.1 Å². The molecule has 1 amide bonds. The lowest BCUT2D eigenvalue weighted by Crippen LogP contribution is -2.22. The average Bonchev–Trinajstić information content (AvgIpc) is 2.46. The Labute approximate surface area is 134 Å². The number of halogens is 1. The predicted octanol–water partition coefficient (Wildman–Crippen LogP) is 3.88. The maximum absolute atomic E-state index is 12.3. The third-order valence-corrected chi connectivity index (χ3v) is 3.72. The number of anilines is 1. The van der Waals surface area contributed by atoms with E-state index >= 15 is 0 Å². The molecule has 0 aliphatic heterocycles. The number of aromatic hydroxyl groups is 2. The van der Waals surface area contributed by atoms with Gasteiger partial charge in [0, 0.05) is 16.6 Å². The second-order valence-electron chi connectivity index (χ2n) is 5.38. The fourth-order valence-corrected chi connectivity index (χ4v) is 2.30. The molecule has 22 heavy (non-hydrogen) atoms. The molecule has 0 heterocycles. The Morgan fingerprint density at radius 1 is 1.18 bits per heavy atom. The fourth-order valence-electron chi connectivity index (χ4n) is 2.13. The minimum absolute atomic E-state index is 0.127. The van der Waals surface area contributed by atoms with Gasteiger partial charge >= 0.3 is 0 Å². The lowest BCUT2D eigenvalue weighted by molar-refractivity contribution is -0.119. The van der Waals surface area contributed by atoms with Crippen molar-refractivity contribution in [3.8, 4) is 11.5 Å². The summed E-state index contributed by atoms with van der Waals surface area (Å²) in [5.74, 6) is -0.772. The molecule has 3 N–H and O–H groups in total. The summed E-state index contributed by atoms with van der Waals surface area (Å²) in [6, 6.07) is 9.90. The summed E-state index contributed by atoms with van der Waals surface area (Å²) in [6.45, 7) is 3.70. The topological polar surface area (TPSA) is 69.6 Å². The number of aryl methyl sites for hydroxylation is 1. The molecule has 0 fully saturated rings. The third kappa shape index (κ3) is 3.92. The van der Waals surface area contributed by atoms with E-state index in [0.29, 0.717) is 17.1 Å². The molecule has 5 heteroatoms. The van der Waals surface area contributed by atoms with Crippen LogP contribution in [0, 0.1) is 12.8 Å². The van der Waals surface area contributed by atoms with Crippen LogP contribution in [0.4, 0.5) is 5.69 Å². The van der Waals surface area contributed by atoms with E-state index in [2.05, 4.69) is 5.32 Å². The summed E-state index contributed by atoms with van der Waals surface area (Å²) < 4.78 is 0. The van der Waals surface area contributed by atoms with Gasteiger partial charge in [0.1, 0.15) is 0 Å². The molecule has 2 rings (SSSR count). The molecule has 4 nitrogen and oxygen atoms in total. The van der Waals surface area contributed by atoms with Crippen molar-refractivity contribution in [2.75, 3.05) is 5.32 Å². The van der Waals surface area contributed by atoms with Crippen LogP contribution in [-0.2, 0) is 11.2 Å². The van der Waals surface area contributed by atoms with Gasteiger partial charge in [-0.1, -0.05) is 30.7 Å². The van der Waals surface area contributed by atoms with Crippen molar-refractivity contribution in [3.05, 3.63) is 52.5 Å². The van der Waals surface area contributed by atoms with Crippen LogP contribution in [0.3, 0.4) is 0 Å². The third-order valence-electron chi connectivity index (χ3n) is 3.49. The van der Waals surface area contributed by atoms with E-state index in [1.807, 2.05) is 13.0 Å². The number of hydrogen-bond acceptors (Lipinski definition) is 3. The first-order valence-corrected chi connectivity index (χ1v) is 7.32. The van der Waals surface area contributed by atoms with Gasteiger partial charge in [-0.2, -0.15) is 0 Å². The Morgan fingerprint density at radius 3 is 2.59 bits per heavy atom. The minimum Gasteiger partial charge on any atom is -0.504 e. The van der Waals surface area contributed by atoms with Gasteiger partial charge in [-0.05, 0) is 48.7 Å². The molecule has 116 valence electrons. The molecule has 1 atom stereocenters. The van der Waals surface area contributed by atoms with E-state index in [-0.39, 0.29) is 23.3 Å². The molecule has 0 saturated carbocycles. The molecule has 2 aromatic rings. The van der Waals surface area contributed by atoms with Crippen molar-refractivity contribution in [2.45, 2.75) is 20.3 Å². The van der Waals surface area contributed by atoms with Gasteiger partial charge in [0.05, 0.1) is 0 Å². The zero-order valence-electron chi connectivity index (χ0n) is 12.4. The molecular weight excluding hydrogens is 302 g/mol. The number of benzene rings is 2. The first kappa shape index (κ1) is 16.2. The molecule has 1 unspecified atom stereocenters. The Bertz CT molecular complexity index is 700. The number of amides is 1. The van der Waals surface area contributed by atoms with Crippen molar-refractivity contribution < 1.29 is 15.0 Å². The highest BCUT2D eigenvalue weighted by Gasteiger charge is 2.15. The van der Waals surface area contributed by atoms with Gasteiger partial charge in [0.25, 0.3) is 0 Å². The second-order valence-corrected chi connectivity index (χ2v) is 5.81. The predicted molar refractivity (Wildman–Crippen MR) is 87.5 cm³/mol. The summed E-state index contributed by atoms with van der Waals surface area (Å²) in [6.07, 6.45) is 0.458. The molecule has 0 saturated heterocycles. The summed E-state index contributed by atoms with van der Waals surface area (Å²) in [4.78, 5) is 12.3. The summed E-state index contributed by atoms with van der Waals surface area (Å²) in [7, 11) is 0. The fraction of sp³-hybridized carbons (Fsp3) is 0.235. The average molecular weight is 320 g/mol. The molecular formula is C17H18ClNO3. The van der Waals surface area contributed by atoms with Crippen LogP contribution in [0.1, 0.15) is 18.1 Å². The van der Waals surface area contributed by atoms with E-state index < -0.39 is 0 Å². The SMILES string of the molecule is Cc1ccc(Cl)cc1NC(=O)C(C)Cc1ccc(O)c(O)c1. The van der Waals surface area contributed by atoms with Crippen LogP contribution >= 0.6 is 11.6 Å². The van der Waals surface area contributed by atoms with E-state index in [1.54, 1.807) is 25.1 Å². The van der Waals surface area contributed by atoms with E-state index in [4.69, 9.17) is 11.6 Å². The molecule has 0 bridgehead atoms. The largest absolute Gasteiger partial charge is 0.504 e. The van der Waals surface area contributed by atoms with Crippen LogP contribution in [-0.4, -0.2) is 16.1 Å². The van der Waals surface area contributed by atoms with Crippen molar-refractivity contribution >= 4 is 23.2 Å². The van der Waals surface area contributed by atoms with Crippen LogP contribution < -0.4 is 5.32 Å². The smallest absolute Gasteiger partial charge is 0.227 e. The monoisotopic (exact) mass is 319 g/mol. The zero-order chi connectivity index (χ0) is 16.3. The Morgan fingerprint density at radius 2 is 1.91 bits per heavy atom. The molecule has 2 aromatic carbocycles. The lowest BCUT2D eigenvalue weighted by atomic mass is 9.99. The Balaban J connectivity index is 2.05. The molecule has 0 aliphatic carbocycles. The summed E-state index contributed by atoms with van der Waals surface area (Å²) in [5, 5.41) is 22.2. The summed E-state index contributed by atoms with van der Waals surface area (Å²) in [5.41, 5.74) is 2.41. The highest BCUT2D eigenvalue weighted by atomic mass is 35.5. The Kier molecular flexibility index (Phi) is 4.93. The number of carbonyl (C=O) groups excluding carboxylic acids is 1. The number of nitrogens with one attached hydrogen (secondary N) is 1. The van der Waals surface area contributed by atoms with Gasteiger partial charge < -0.3 is 15.5 Å². The number of hydrogen-bond donors (Lipinski definition) is 3. The van der Waals surface area contributed by atoms with Gasteiger partial charge in [-0.25, -0.2) is 0 Å². The van der Waals surface area contributed by atoms with Gasteiger partial charge in [0.15, 0.2) is 11.5 Å². The van der Waals surface area contributed by atoms with Crippen molar-refractivity contribution in [1.82, 2.24) is 0 Å². The second kappa shape index (κ2) is 6.71. The van der Waals surface area contributed by atoms with E-state index in [0.717, 1.165) is 11.1 Å². The first-order chi connectivity index (χ1) is 10.4. The number of carbonyl (C=O) groups is 1. The molecule has 0 radical (unpaired) electrons. The van der Waals surface area contributed by atoms with Crippen LogP contribution in [0.5, 0.6) is 11.5 Å². The van der Waals surface area contributed by atoms with Gasteiger partial charge in [0.2, 0.25) is 5.91 Å². The van der Waals surface area contributed by atoms with Crippen molar-refractivity contribution in [1.29, 1.82) is 0 Å². The first-order valence-electron chi connectivity index (χ1n) is 6.94. The number of phenolic OH excluding ortho intramolecular Hbond substituents is 2. The van der Waals surface area contributed by atoms with Gasteiger partial charge in [-0.15, -0.1) is 0 Å². The number of rotatable bonds is 4. The van der Waals surface area contributed by atoms with Crippen LogP contribution in [0.2, 0.25) is 5.02 Å². The van der Waals surface area contributed by atoms with Crippen molar-refractivity contribution in [2.24, 2.45) is 5.92 Å². The molecule has 0 aromatic heterocycles. The Hall–Kier alpha value is -2.20. The van der Waals surface area contributed by atoms with Crippen LogP contribution in [0.25, 0.3) is 0 Å². The molecule has 0 aliphatic rings. The quantitative estimate of drug-likeness (QED) is 0.749. The highest BCUT2D eigenvalue weighted by molar-refractivity contribution is 6.31. The minimum atomic E-state index is -0.290. The summed E-state index contributed by atoms with van der Waals surface area (Å²) >= 11 is 5.94. The van der Waals surface area contributed by atoms with Gasteiger partial charge in [-0.3, -0.25) is 4.79 Å². The lowest BCUT2D eigenvalue weighted by Gasteiger charge is -2.14. The van der Waals surface area contributed by atoms with Crippen molar-refractivity contribution in [3.63, 3.8) is 0 Å².